The van der Waals surface area contributed by atoms with Crippen LogP contribution in [-0.4, -0.2) is 48.1 Å². The lowest BCUT2D eigenvalue weighted by Gasteiger charge is -2.15. The molecular formula is C33H34BrFN4O5S2. The van der Waals surface area contributed by atoms with Gasteiger partial charge in [0.25, 0.3) is 0 Å². The Morgan fingerprint density at radius 2 is 1.89 bits per heavy atom. The number of nitrogens with one attached hydrogen (secondary N) is 1. The molecule has 3 aromatic carbocycles. The number of fused-ring (bicyclic) bond motifs is 1. The molecule has 0 spiro atoms. The number of hydrogen-bond donors (Lipinski definition) is 1. The summed E-state index contributed by atoms with van der Waals surface area (Å²) in [5.41, 5.74) is 3.64. The van der Waals surface area contributed by atoms with Crippen LogP contribution in [0, 0.1) is 5.82 Å². The number of ether oxygens (including phenoxy) is 3. The maximum Gasteiger partial charge on any atom is 0.154 e. The lowest BCUT2D eigenvalue weighted by Crippen LogP contribution is -2.21. The van der Waals surface area contributed by atoms with Gasteiger partial charge in [0.2, 0.25) is 0 Å². The molecule has 9 nitrogen and oxygen atoms in total. The van der Waals surface area contributed by atoms with Crippen molar-refractivity contribution < 1.29 is 27.0 Å². The quantitative estimate of drug-likeness (QED) is 0.121. The zero-order valence-electron chi connectivity index (χ0n) is 25.8. The van der Waals surface area contributed by atoms with Crippen molar-refractivity contribution in [2.24, 2.45) is 0 Å². The number of nitrogens with zero attached hydrogens (tertiary/aromatic N) is 3. The average molecular weight is 730 g/mol. The highest BCUT2D eigenvalue weighted by Crippen LogP contribution is 2.38. The summed E-state index contributed by atoms with van der Waals surface area (Å²) >= 11 is 5.03. The fourth-order valence-electron chi connectivity index (χ4n) is 4.64. The van der Waals surface area contributed by atoms with Gasteiger partial charge in [-0.1, -0.05) is 19.1 Å². The Bertz CT molecular complexity index is 1940. The molecule has 0 saturated carbocycles. The van der Waals surface area contributed by atoms with E-state index in [-0.39, 0.29) is 30.9 Å². The second-order valence-corrected chi connectivity index (χ2v) is 15.2. The monoisotopic (exact) mass is 728 g/mol. The summed E-state index contributed by atoms with van der Waals surface area (Å²) in [4.78, 5) is 13.8. The van der Waals surface area contributed by atoms with E-state index in [4.69, 9.17) is 19.2 Å². The van der Waals surface area contributed by atoms with Crippen LogP contribution in [0.1, 0.15) is 43.9 Å². The zero-order chi connectivity index (χ0) is 32.8. The van der Waals surface area contributed by atoms with Crippen molar-refractivity contribution in [2.45, 2.75) is 45.2 Å². The van der Waals surface area contributed by atoms with Crippen LogP contribution >= 0.6 is 27.3 Å². The molecule has 0 radical (unpaired) electrons. The standard InChI is InChI=1S/C33H34BrFN4O5S2/c1-5-29(43-11-12-46(40,41)20(2)3)33-39-28(18-45-33)24-15-25-27(16-31(24)42-4)36-19-37-32(25)38-23-9-10-30(26(34)14-23)44-17-21-7-6-8-22(35)13-21/h6-10,13-16,18-20,29H,5,11-12,17H2,1-4H3,(H,36,37,38). The second kappa shape index (κ2) is 14.8. The Hall–Kier alpha value is -3.65. The third-order valence-corrected chi connectivity index (χ3v) is 11.0. The molecule has 0 aliphatic rings. The normalized spacial score (nSPS) is 12.4. The molecule has 0 aliphatic heterocycles. The number of benzene rings is 3. The molecule has 46 heavy (non-hydrogen) atoms. The van der Waals surface area contributed by atoms with E-state index in [1.165, 1.54) is 29.8 Å². The van der Waals surface area contributed by atoms with Crippen molar-refractivity contribution in [3.05, 3.63) is 87.2 Å². The third-order valence-electron chi connectivity index (χ3n) is 7.28. The van der Waals surface area contributed by atoms with Gasteiger partial charge in [-0.2, -0.15) is 0 Å². The SMILES string of the molecule is CCC(OCCS(=O)(=O)C(C)C)c1nc(-c2cc3c(Nc4ccc(OCc5cccc(F)c5)c(Br)c4)ncnc3cc2OC)cs1. The number of hydrogen-bond acceptors (Lipinski definition) is 10. The molecule has 1 atom stereocenters. The van der Waals surface area contributed by atoms with E-state index in [0.717, 1.165) is 31.7 Å². The van der Waals surface area contributed by atoms with Crippen molar-refractivity contribution in [3.63, 3.8) is 0 Å². The summed E-state index contributed by atoms with van der Waals surface area (Å²) in [5.74, 6) is 1.47. The lowest BCUT2D eigenvalue weighted by molar-refractivity contribution is 0.0609. The average Bonchev–Trinajstić information content (AvgIpc) is 3.52. The smallest absolute Gasteiger partial charge is 0.154 e. The molecule has 0 aliphatic carbocycles. The first-order valence-electron chi connectivity index (χ1n) is 14.6. The number of halogens is 2. The summed E-state index contributed by atoms with van der Waals surface area (Å²) in [6.45, 7) is 5.66. The van der Waals surface area contributed by atoms with Gasteiger partial charge in [-0.25, -0.2) is 27.8 Å². The summed E-state index contributed by atoms with van der Waals surface area (Å²) in [6.07, 6.45) is 1.81. The fourth-order valence-corrected chi connectivity index (χ4v) is 6.88. The van der Waals surface area contributed by atoms with Gasteiger partial charge in [0.15, 0.2) is 9.84 Å². The minimum atomic E-state index is -3.19. The minimum Gasteiger partial charge on any atom is -0.496 e. The van der Waals surface area contributed by atoms with Crippen molar-refractivity contribution in [2.75, 3.05) is 24.8 Å². The van der Waals surface area contributed by atoms with Gasteiger partial charge in [-0.15, -0.1) is 11.3 Å². The number of aromatic nitrogens is 3. The van der Waals surface area contributed by atoms with E-state index in [1.54, 1.807) is 27.0 Å². The molecule has 0 amide bonds. The van der Waals surface area contributed by atoms with E-state index < -0.39 is 15.1 Å². The maximum absolute atomic E-state index is 13.5. The first-order valence-corrected chi connectivity index (χ1v) is 18.0. The van der Waals surface area contributed by atoms with Crippen LogP contribution in [0.25, 0.3) is 22.2 Å². The predicted octanol–water partition coefficient (Wildman–Crippen LogP) is 8.28. The van der Waals surface area contributed by atoms with Crippen molar-refractivity contribution in [1.82, 2.24) is 15.0 Å². The highest BCUT2D eigenvalue weighted by Gasteiger charge is 2.21. The summed E-state index contributed by atoms with van der Waals surface area (Å²) in [6, 6.07) is 15.7. The molecular weight excluding hydrogens is 695 g/mol. The molecule has 0 fully saturated rings. The van der Waals surface area contributed by atoms with Crippen LogP contribution in [-0.2, 0) is 21.2 Å². The van der Waals surface area contributed by atoms with Crippen LogP contribution in [0.2, 0.25) is 0 Å². The van der Waals surface area contributed by atoms with Gasteiger partial charge in [0, 0.05) is 28.1 Å². The molecule has 242 valence electrons. The van der Waals surface area contributed by atoms with Crippen LogP contribution in [0.4, 0.5) is 15.9 Å². The highest BCUT2D eigenvalue weighted by molar-refractivity contribution is 9.10. The Labute approximate surface area is 280 Å². The van der Waals surface area contributed by atoms with Crippen LogP contribution in [0.5, 0.6) is 11.5 Å². The Morgan fingerprint density at radius 1 is 1.07 bits per heavy atom. The number of anilines is 2. The molecule has 2 heterocycles. The molecule has 0 bridgehead atoms. The molecule has 1 N–H and O–H groups in total. The second-order valence-electron chi connectivity index (χ2n) is 10.7. The van der Waals surface area contributed by atoms with E-state index in [0.29, 0.717) is 34.9 Å². The number of rotatable bonds is 14. The largest absolute Gasteiger partial charge is 0.496 e. The molecule has 1 unspecified atom stereocenters. The van der Waals surface area contributed by atoms with Crippen molar-refractivity contribution in [1.29, 1.82) is 0 Å². The van der Waals surface area contributed by atoms with Crippen LogP contribution in [0.15, 0.2) is 70.8 Å². The number of thiazole rings is 1. The van der Waals surface area contributed by atoms with Crippen molar-refractivity contribution >= 4 is 59.5 Å². The first-order chi connectivity index (χ1) is 22.1. The number of methoxy groups -OCH3 is 1. The Balaban J connectivity index is 1.36. The van der Waals surface area contributed by atoms with Gasteiger partial charge in [0.1, 0.15) is 47.2 Å². The lowest BCUT2D eigenvalue weighted by atomic mass is 10.1. The van der Waals surface area contributed by atoms with Gasteiger partial charge < -0.3 is 19.5 Å². The fraction of sp³-hybridized carbons (Fsp3) is 0.303. The minimum absolute atomic E-state index is 0.0328. The van der Waals surface area contributed by atoms with Crippen LogP contribution < -0.4 is 14.8 Å². The summed E-state index contributed by atoms with van der Waals surface area (Å²) in [7, 11) is -1.60. The first kappa shape index (κ1) is 33.7. The number of sulfone groups is 1. The van der Waals surface area contributed by atoms with Gasteiger partial charge >= 0.3 is 0 Å². The molecule has 0 saturated heterocycles. The zero-order valence-corrected chi connectivity index (χ0v) is 29.0. The van der Waals surface area contributed by atoms with Gasteiger partial charge in [0.05, 0.1) is 40.4 Å². The Kier molecular flexibility index (Phi) is 10.9. The van der Waals surface area contributed by atoms with Gasteiger partial charge in [-0.3, -0.25) is 0 Å². The summed E-state index contributed by atoms with van der Waals surface area (Å²) in [5, 5.41) is 6.39. The van der Waals surface area contributed by atoms with E-state index in [9.17, 15) is 12.8 Å². The Morgan fingerprint density at radius 3 is 2.61 bits per heavy atom. The van der Waals surface area contributed by atoms with Crippen LogP contribution in [0.3, 0.4) is 0 Å². The molecule has 2 aromatic heterocycles. The third kappa shape index (κ3) is 8.00. The van der Waals surface area contributed by atoms with Gasteiger partial charge in [-0.05, 0) is 78.2 Å². The molecule has 5 aromatic rings. The van der Waals surface area contributed by atoms with E-state index in [1.807, 2.05) is 48.7 Å². The van der Waals surface area contributed by atoms with E-state index >= 15 is 0 Å². The molecule has 13 heteroatoms. The van der Waals surface area contributed by atoms with E-state index in [2.05, 4.69) is 31.2 Å². The topological polar surface area (TPSA) is 113 Å². The maximum atomic E-state index is 13.5. The highest BCUT2D eigenvalue weighted by atomic mass is 79.9. The molecule has 5 rings (SSSR count). The van der Waals surface area contributed by atoms with Crippen molar-refractivity contribution in [3.8, 4) is 22.8 Å². The summed E-state index contributed by atoms with van der Waals surface area (Å²) < 4.78 is 56.3. The predicted molar refractivity (Wildman–Crippen MR) is 183 cm³/mol.